The molecule has 0 bridgehead atoms. The molecule has 7 nitrogen and oxygen atoms in total. The highest BCUT2D eigenvalue weighted by Gasteiger charge is 2.36. The topological polar surface area (TPSA) is 77.1 Å². The van der Waals surface area contributed by atoms with Gasteiger partial charge in [0, 0.05) is 24.6 Å². The van der Waals surface area contributed by atoms with Crippen molar-refractivity contribution >= 4 is 34.8 Å². The maximum atomic E-state index is 13.6. The third kappa shape index (κ3) is 4.95. The molecule has 12 heteroatoms. The molecule has 31 heavy (non-hydrogen) atoms. The van der Waals surface area contributed by atoms with E-state index in [-0.39, 0.29) is 23.6 Å². The number of hydrogen-bond acceptors (Lipinski definition) is 4. The first kappa shape index (κ1) is 23.3. The maximum Gasteiger partial charge on any atom is 0.433 e. The number of amides is 1. The van der Waals surface area contributed by atoms with Crippen molar-refractivity contribution in [3.63, 3.8) is 0 Å². The van der Waals surface area contributed by atoms with E-state index in [1.807, 2.05) is 0 Å². The highest BCUT2D eigenvalue weighted by atomic mass is 35.5. The Kier molecular flexibility index (Phi) is 6.25. The molecule has 3 heterocycles. The monoisotopic (exact) mass is 476 g/mol. The summed E-state index contributed by atoms with van der Waals surface area (Å²) in [4.78, 5) is 16.7. The number of rotatable bonds is 5. The number of carbonyl (C=O) groups excluding carboxylic acids is 1. The number of hydrogen-bond donors (Lipinski definition) is 1. The third-order valence-electron chi connectivity index (χ3n) is 4.55. The molecule has 1 amide bonds. The van der Waals surface area contributed by atoms with E-state index >= 15 is 0 Å². The summed E-state index contributed by atoms with van der Waals surface area (Å²) in [5.41, 5.74) is -0.934. The molecule has 1 N–H and O–H groups in total. The predicted octanol–water partition coefficient (Wildman–Crippen LogP) is 4.68. The Morgan fingerprint density at radius 2 is 1.84 bits per heavy atom. The van der Waals surface area contributed by atoms with E-state index in [0.29, 0.717) is 33.4 Å². The fourth-order valence-electron chi connectivity index (χ4n) is 2.87. The van der Waals surface area contributed by atoms with Crippen LogP contribution in [0.5, 0.6) is 0 Å². The minimum Gasteiger partial charge on any atom is -0.351 e. The smallest absolute Gasteiger partial charge is 0.351 e. The van der Waals surface area contributed by atoms with Crippen LogP contribution in [0.4, 0.5) is 13.2 Å². The van der Waals surface area contributed by atoms with Crippen molar-refractivity contribution in [2.45, 2.75) is 52.3 Å². The number of nitrogens with one attached hydrogen (secondary N) is 1. The van der Waals surface area contributed by atoms with Gasteiger partial charge in [-0.3, -0.25) is 9.48 Å². The van der Waals surface area contributed by atoms with Gasteiger partial charge in [-0.2, -0.15) is 23.4 Å². The molecule has 0 saturated heterocycles. The molecular formula is C19H21Cl2F3N6O. The summed E-state index contributed by atoms with van der Waals surface area (Å²) >= 11 is 12.0. The molecule has 0 aliphatic carbocycles. The van der Waals surface area contributed by atoms with Crippen molar-refractivity contribution in [2.75, 3.05) is 6.54 Å². The van der Waals surface area contributed by atoms with Crippen LogP contribution in [-0.4, -0.2) is 36.8 Å². The second kappa shape index (κ2) is 8.31. The molecule has 0 radical (unpaired) electrons. The molecule has 3 aromatic rings. The maximum absolute atomic E-state index is 13.6. The first-order valence-corrected chi connectivity index (χ1v) is 10.2. The van der Waals surface area contributed by atoms with Gasteiger partial charge in [0.1, 0.15) is 15.9 Å². The molecule has 0 saturated carbocycles. The molecule has 168 valence electrons. The predicted molar refractivity (Wildman–Crippen MR) is 111 cm³/mol. The summed E-state index contributed by atoms with van der Waals surface area (Å²) < 4.78 is 42.8. The molecule has 0 aliphatic heterocycles. The fourth-order valence-corrected chi connectivity index (χ4v) is 3.27. The number of nitrogens with zero attached hydrogens (tertiary/aromatic N) is 5. The second-order valence-corrected chi connectivity index (χ2v) is 8.83. The number of aromatic nitrogens is 5. The van der Waals surface area contributed by atoms with Gasteiger partial charge in [-0.1, -0.05) is 44.0 Å². The largest absolute Gasteiger partial charge is 0.433 e. The van der Waals surface area contributed by atoms with Gasteiger partial charge < -0.3 is 5.32 Å². The first-order valence-electron chi connectivity index (χ1n) is 9.44. The van der Waals surface area contributed by atoms with Crippen LogP contribution >= 0.6 is 23.2 Å². The van der Waals surface area contributed by atoms with E-state index in [2.05, 4.69) is 20.5 Å². The fraction of sp³-hybridized carbons (Fsp3) is 0.474. The van der Waals surface area contributed by atoms with E-state index in [4.69, 9.17) is 23.2 Å². The van der Waals surface area contributed by atoms with Crippen LogP contribution in [-0.2, 0) is 18.1 Å². The van der Waals surface area contributed by atoms with Gasteiger partial charge in [0.05, 0.1) is 11.4 Å². The Balaban J connectivity index is 1.76. The molecule has 0 aliphatic rings. The highest BCUT2D eigenvalue weighted by molar-refractivity contribution is 6.41. The summed E-state index contributed by atoms with van der Waals surface area (Å²) in [5, 5.41) is 11.3. The van der Waals surface area contributed by atoms with Crippen LogP contribution in [0.1, 0.15) is 54.8 Å². The van der Waals surface area contributed by atoms with Gasteiger partial charge in [0.25, 0.3) is 5.91 Å². The average molecular weight is 477 g/mol. The van der Waals surface area contributed by atoms with Gasteiger partial charge in [-0.25, -0.2) is 9.50 Å². The zero-order valence-corrected chi connectivity index (χ0v) is 18.8. The van der Waals surface area contributed by atoms with Gasteiger partial charge in [0.2, 0.25) is 0 Å². The van der Waals surface area contributed by atoms with Crippen LogP contribution in [0.2, 0.25) is 10.2 Å². The van der Waals surface area contributed by atoms with Crippen molar-refractivity contribution in [3.05, 3.63) is 45.1 Å². The normalized spacial score (nSPS) is 12.5. The van der Waals surface area contributed by atoms with Crippen molar-refractivity contribution < 1.29 is 18.0 Å². The Labute approximate surface area is 186 Å². The van der Waals surface area contributed by atoms with Crippen molar-refractivity contribution in [1.82, 2.24) is 29.7 Å². The Morgan fingerprint density at radius 3 is 2.39 bits per heavy atom. The second-order valence-electron chi connectivity index (χ2n) is 8.10. The zero-order valence-electron chi connectivity index (χ0n) is 17.3. The number of carbonyl (C=O) groups is 1. The molecular weight excluding hydrogens is 456 g/mol. The Bertz CT molecular complexity index is 1130. The lowest BCUT2D eigenvalue weighted by Crippen LogP contribution is -2.26. The van der Waals surface area contributed by atoms with Crippen LogP contribution in [0.25, 0.3) is 5.65 Å². The SMILES string of the molecule is Cc1nn(CCCNC(=O)c2cc3nc(C(C)(C)C)cc(C(F)(F)F)n3n2)c(Cl)c1Cl. The van der Waals surface area contributed by atoms with Gasteiger partial charge >= 0.3 is 6.18 Å². The van der Waals surface area contributed by atoms with Gasteiger partial charge in [-0.15, -0.1) is 0 Å². The minimum atomic E-state index is -4.65. The van der Waals surface area contributed by atoms with Crippen LogP contribution < -0.4 is 5.32 Å². The summed E-state index contributed by atoms with van der Waals surface area (Å²) in [6.45, 7) is 7.66. The van der Waals surface area contributed by atoms with Crippen molar-refractivity contribution in [3.8, 4) is 0 Å². The lowest BCUT2D eigenvalue weighted by Gasteiger charge is -2.19. The van der Waals surface area contributed by atoms with E-state index < -0.39 is 23.2 Å². The van der Waals surface area contributed by atoms with Crippen LogP contribution in [0, 0.1) is 6.92 Å². The van der Waals surface area contributed by atoms with Gasteiger partial charge in [-0.05, 0) is 19.4 Å². The molecule has 0 atom stereocenters. The summed E-state index contributed by atoms with van der Waals surface area (Å²) in [5.74, 6) is -0.600. The van der Waals surface area contributed by atoms with Crippen LogP contribution in [0.15, 0.2) is 12.1 Å². The lowest BCUT2D eigenvalue weighted by atomic mass is 9.91. The Morgan fingerprint density at radius 1 is 1.16 bits per heavy atom. The molecule has 3 aromatic heterocycles. The zero-order chi connectivity index (χ0) is 23.1. The van der Waals surface area contributed by atoms with Crippen LogP contribution in [0.3, 0.4) is 0 Å². The lowest BCUT2D eigenvalue weighted by molar-refractivity contribution is -0.142. The summed E-state index contributed by atoms with van der Waals surface area (Å²) in [6, 6.07) is 2.20. The minimum absolute atomic E-state index is 0.0432. The molecule has 0 aromatic carbocycles. The highest BCUT2D eigenvalue weighted by Crippen LogP contribution is 2.32. The summed E-state index contributed by atoms with van der Waals surface area (Å²) in [7, 11) is 0. The molecule has 0 unspecified atom stereocenters. The summed E-state index contributed by atoms with van der Waals surface area (Å²) in [6.07, 6.45) is -4.17. The average Bonchev–Trinajstić information content (AvgIpc) is 3.19. The number of alkyl halides is 3. The standard InChI is InChI=1S/C19H21Cl2F3N6O/c1-10-15(20)16(21)29(27-10)7-5-6-25-17(31)11-8-14-26-12(18(2,3)4)9-13(19(22,23)24)30(14)28-11/h8-9H,5-7H2,1-4H3,(H,25,31). The Hall–Kier alpha value is -2.33. The number of halogens is 5. The van der Waals surface area contributed by atoms with E-state index in [1.165, 1.54) is 10.7 Å². The quantitative estimate of drug-likeness (QED) is 0.542. The first-order chi connectivity index (χ1) is 14.3. The number of aryl methyl sites for hydroxylation is 2. The van der Waals surface area contributed by atoms with E-state index in [1.54, 1.807) is 27.7 Å². The van der Waals surface area contributed by atoms with E-state index in [0.717, 1.165) is 6.07 Å². The molecule has 0 spiro atoms. The van der Waals surface area contributed by atoms with Crippen molar-refractivity contribution in [2.24, 2.45) is 0 Å². The molecule has 0 fully saturated rings. The van der Waals surface area contributed by atoms with E-state index in [9.17, 15) is 18.0 Å². The molecule has 3 rings (SSSR count). The van der Waals surface area contributed by atoms with Gasteiger partial charge in [0.15, 0.2) is 11.3 Å². The third-order valence-corrected chi connectivity index (χ3v) is 5.48. The number of fused-ring (bicyclic) bond motifs is 1. The van der Waals surface area contributed by atoms with Crippen molar-refractivity contribution in [1.29, 1.82) is 0 Å².